The van der Waals surface area contributed by atoms with Gasteiger partial charge in [0.15, 0.2) is 0 Å². The third-order valence-electron chi connectivity index (χ3n) is 6.47. The highest BCUT2D eigenvalue weighted by Gasteiger charge is 2.70. The summed E-state index contributed by atoms with van der Waals surface area (Å²) in [6.07, 6.45) is 6.41. The predicted molar refractivity (Wildman–Crippen MR) is 126 cm³/mol. The lowest BCUT2D eigenvalue weighted by molar-refractivity contribution is -0.113. The van der Waals surface area contributed by atoms with Gasteiger partial charge in [0, 0.05) is 22.8 Å². The first-order valence-electron chi connectivity index (χ1n) is 11.9. The molecule has 2 aliphatic carbocycles. The second-order valence-corrected chi connectivity index (χ2v) is 8.81. The summed E-state index contributed by atoms with van der Waals surface area (Å²) in [6, 6.07) is 9.65. The van der Waals surface area contributed by atoms with Crippen LogP contribution in [0.25, 0.3) is 10.1 Å². The maximum atomic E-state index is 12.8. The van der Waals surface area contributed by atoms with Crippen LogP contribution in [-0.2, 0) is 0 Å². The third-order valence-corrected chi connectivity index (χ3v) is 7.66. The first-order valence-corrected chi connectivity index (χ1v) is 12.7. The van der Waals surface area contributed by atoms with Crippen molar-refractivity contribution >= 4 is 27.3 Å². The number of carbonyl (C=O) groups is 1. The lowest BCUT2D eigenvalue weighted by atomic mass is 9.75. The zero-order valence-electron chi connectivity index (χ0n) is 19.0. The van der Waals surface area contributed by atoms with E-state index in [1.54, 1.807) is 11.3 Å². The van der Waals surface area contributed by atoms with Crippen LogP contribution < -0.4 is 5.32 Å². The maximum absolute atomic E-state index is 12.8. The van der Waals surface area contributed by atoms with E-state index in [1.807, 2.05) is 41.5 Å². The van der Waals surface area contributed by atoms with Crippen molar-refractivity contribution in [2.45, 2.75) is 97.2 Å². The predicted octanol–water partition coefficient (Wildman–Crippen LogP) is 6.58. The molecule has 1 amide bonds. The Morgan fingerprint density at radius 3 is 2.31 bits per heavy atom. The molecule has 1 spiro atoms. The van der Waals surface area contributed by atoms with Crippen molar-refractivity contribution in [2.24, 2.45) is 0 Å². The van der Waals surface area contributed by atoms with E-state index in [2.05, 4.69) is 34.5 Å². The van der Waals surface area contributed by atoms with Crippen LogP contribution in [0.3, 0.4) is 0 Å². The number of fused-ring (bicyclic) bond motifs is 3. The zero-order chi connectivity index (χ0) is 21.2. The molecule has 2 saturated carbocycles. The second kappa shape index (κ2) is 9.18. The van der Waals surface area contributed by atoms with Gasteiger partial charge in [-0.2, -0.15) is 0 Å². The molecule has 29 heavy (non-hydrogen) atoms. The van der Waals surface area contributed by atoms with E-state index in [1.165, 1.54) is 54.3 Å². The molecule has 4 aliphatic rings. The Labute approximate surface area is 180 Å². The molecule has 1 aromatic heterocycles. The summed E-state index contributed by atoms with van der Waals surface area (Å²) in [4.78, 5) is 16.3. The summed E-state index contributed by atoms with van der Waals surface area (Å²) in [5.41, 5.74) is 1.81. The van der Waals surface area contributed by atoms with E-state index in [0.29, 0.717) is 17.6 Å². The van der Waals surface area contributed by atoms with E-state index in [4.69, 9.17) is 0 Å². The Bertz CT molecular complexity index is 834. The number of carbonyl (C=O) groups excluding carboxylic acids is 1. The Morgan fingerprint density at radius 1 is 1.07 bits per heavy atom. The first-order chi connectivity index (χ1) is 14.3. The van der Waals surface area contributed by atoms with Crippen LogP contribution in [0, 0.1) is 0 Å². The molecular formula is C25H38N2OS. The quantitative estimate of drug-likeness (QED) is 0.615. The number of amides is 1. The molecule has 2 aromatic rings. The fraction of sp³-hybridized carbons (Fsp3) is 0.640. The first kappa shape index (κ1) is 22.3. The lowest BCUT2D eigenvalue weighted by Crippen LogP contribution is -2.80. The van der Waals surface area contributed by atoms with Crippen molar-refractivity contribution in [3.05, 3.63) is 34.7 Å². The van der Waals surface area contributed by atoms with Gasteiger partial charge in [-0.25, -0.2) is 0 Å². The normalized spacial score (nSPS) is 24.9. The van der Waals surface area contributed by atoms with Crippen LogP contribution in [0.4, 0.5) is 0 Å². The summed E-state index contributed by atoms with van der Waals surface area (Å²) in [5.74, 6) is 0.883. The van der Waals surface area contributed by atoms with Gasteiger partial charge in [-0.1, -0.05) is 59.7 Å². The van der Waals surface area contributed by atoms with Crippen LogP contribution in [0.5, 0.6) is 0 Å². The van der Waals surface area contributed by atoms with Crippen LogP contribution >= 0.6 is 11.3 Å². The number of rotatable bonds is 3. The summed E-state index contributed by atoms with van der Waals surface area (Å²) in [5, 5.41) is 4.61. The highest BCUT2D eigenvalue weighted by molar-refractivity contribution is 7.21. The Kier molecular flexibility index (Phi) is 7.06. The topological polar surface area (TPSA) is 32.3 Å². The second-order valence-electron chi connectivity index (χ2n) is 7.75. The van der Waals surface area contributed by atoms with Crippen LogP contribution in [0.1, 0.15) is 94.8 Å². The highest BCUT2D eigenvalue weighted by atomic mass is 32.1. The van der Waals surface area contributed by atoms with E-state index in [-0.39, 0.29) is 5.91 Å². The average molecular weight is 415 g/mol. The molecule has 0 bridgehead atoms. The summed E-state index contributed by atoms with van der Waals surface area (Å²) < 4.78 is 1.33. The molecule has 6 rings (SSSR count). The Morgan fingerprint density at radius 2 is 1.76 bits per heavy atom. The average Bonchev–Trinajstić information content (AvgIpc) is 3.69. The minimum Gasteiger partial charge on any atom is -0.345 e. The molecule has 2 atom stereocenters. The maximum Gasteiger partial charge on any atom is 0.261 e. The van der Waals surface area contributed by atoms with Gasteiger partial charge in [0.2, 0.25) is 0 Å². The van der Waals surface area contributed by atoms with Gasteiger partial charge < -0.3 is 5.32 Å². The molecule has 160 valence electrons. The molecule has 2 unspecified atom stereocenters. The number of hydrogen-bond donors (Lipinski definition) is 1. The Balaban J connectivity index is 0.000000370. The minimum atomic E-state index is 0.149. The van der Waals surface area contributed by atoms with Crippen LogP contribution in [-0.4, -0.2) is 35.0 Å². The number of hydrogen-bond acceptors (Lipinski definition) is 3. The number of nitrogens with one attached hydrogen (secondary N) is 1. The van der Waals surface area contributed by atoms with Crippen molar-refractivity contribution in [3.63, 3.8) is 0 Å². The summed E-state index contributed by atoms with van der Waals surface area (Å²) >= 11 is 1.69. The van der Waals surface area contributed by atoms with Crippen molar-refractivity contribution < 1.29 is 4.79 Å². The SMILES string of the molecule is CC.CC.CC.O=C(NC1C2CCN2C12CC2)c1cc2cccc(C3CC3)c2s1. The molecule has 2 saturated heterocycles. The molecule has 2 aliphatic heterocycles. The Hall–Kier alpha value is -1.39. The molecule has 4 fully saturated rings. The number of nitrogens with zero attached hydrogens (tertiary/aromatic N) is 1. The van der Waals surface area contributed by atoms with Crippen molar-refractivity contribution in [1.82, 2.24) is 10.2 Å². The zero-order valence-corrected chi connectivity index (χ0v) is 19.9. The molecular weight excluding hydrogens is 376 g/mol. The molecule has 1 N–H and O–H groups in total. The highest BCUT2D eigenvalue weighted by Crippen LogP contribution is 2.59. The number of piperidine rings is 1. The smallest absolute Gasteiger partial charge is 0.261 e. The number of thiophene rings is 1. The molecule has 3 heterocycles. The summed E-state index contributed by atoms with van der Waals surface area (Å²) in [6.45, 7) is 13.2. The van der Waals surface area contributed by atoms with E-state index in [9.17, 15) is 4.79 Å². The molecule has 1 aromatic carbocycles. The van der Waals surface area contributed by atoms with Crippen molar-refractivity contribution in [3.8, 4) is 0 Å². The van der Waals surface area contributed by atoms with Crippen LogP contribution in [0.2, 0.25) is 0 Å². The van der Waals surface area contributed by atoms with Crippen molar-refractivity contribution in [1.29, 1.82) is 0 Å². The molecule has 0 radical (unpaired) electrons. The van der Waals surface area contributed by atoms with Gasteiger partial charge in [-0.3, -0.25) is 9.69 Å². The van der Waals surface area contributed by atoms with Gasteiger partial charge in [0.05, 0.1) is 10.9 Å². The van der Waals surface area contributed by atoms with Gasteiger partial charge in [0.25, 0.3) is 5.91 Å². The van der Waals surface area contributed by atoms with Gasteiger partial charge >= 0.3 is 0 Å². The molecule has 4 heteroatoms. The number of benzene rings is 1. The summed E-state index contributed by atoms with van der Waals surface area (Å²) in [7, 11) is 0. The fourth-order valence-corrected chi connectivity index (χ4v) is 6.00. The van der Waals surface area contributed by atoms with E-state index < -0.39 is 0 Å². The van der Waals surface area contributed by atoms with Crippen LogP contribution in [0.15, 0.2) is 24.3 Å². The third kappa shape index (κ3) is 3.74. The monoisotopic (exact) mass is 414 g/mol. The minimum absolute atomic E-state index is 0.149. The lowest BCUT2D eigenvalue weighted by Gasteiger charge is -2.63. The van der Waals surface area contributed by atoms with Gasteiger partial charge in [0.1, 0.15) is 0 Å². The van der Waals surface area contributed by atoms with E-state index >= 15 is 0 Å². The fourth-order valence-electron chi connectivity index (χ4n) is 4.84. The van der Waals surface area contributed by atoms with Gasteiger partial charge in [-0.05, 0) is 55.0 Å². The largest absolute Gasteiger partial charge is 0.345 e. The standard InChI is InChI=1S/C19H20N2OS.3C2H6/c22-18(20-17-14-6-9-21(14)19(17)7-8-19)15-10-12-2-1-3-13(11-4-5-11)16(12)23-15;3*1-2/h1-3,10-11,14,17H,4-9H2,(H,20,22);3*1-2H3. The van der Waals surface area contributed by atoms with Gasteiger partial charge in [-0.15, -0.1) is 11.3 Å². The van der Waals surface area contributed by atoms with Crippen molar-refractivity contribution in [2.75, 3.05) is 6.54 Å². The van der Waals surface area contributed by atoms with E-state index in [0.717, 1.165) is 10.8 Å². The molecule has 3 nitrogen and oxygen atoms in total.